The number of phosphoric acid groups is 4. The van der Waals surface area contributed by atoms with Crippen LogP contribution < -0.4 is 0 Å². The van der Waals surface area contributed by atoms with Crippen molar-refractivity contribution in [2.45, 2.75) is 236 Å². The highest BCUT2D eigenvalue weighted by molar-refractivity contribution is 7.47. The van der Waals surface area contributed by atoms with E-state index >= 15 is 0 Å². The molecule has 0 radical (unpaired) electrons. The molecule has 1 aliphatic rings. The largest absolute Gasteiger partial charge is 0.472 e. The first-order valence-corrected chi connectivity index (χ1v) is 30.8. The maximum Gasteiger partial charge on any atom is 0.472 e. The van der Waals surface area contributed by atoms with E-state index in [1.807, 2.05) is 0 Å². The fraction of sp³-hybridized carbons (Fsp3) is 0.907. The normalized spacial score (nSPS) is 21.6. The molecule has 0 aliphatic heterocycles. The molecular weight excluding hydrogens is 992 g/mol. The Labute approximate surface area is 408 Å². The summed E-state index contributed by atoms with van der Waals surface area (Å²) in [5, 5.41) is 21.8. The van der Waals surface area contributed by atoms with Crippen LogP contribution in [0.4, 0.5) is 0 Å². The standard InChI is InChI=1S/C43H84O22P4/c1-3-5-7-9-11-13-15-17-18-20-22-24-26-28-30-32-37(45)61-35(33-59-36(44)31-29-27-25-23-21-19-16-14-12-10-8-6-4-2)34-60-69(57,58)65-40-38(46)41(62-66(48,49)50)43(64-68(54,55)56)42(39(40)47)63-67(51,52)53/h13,15,35,38-43,46-47H,3-12,14,16-34H2,1-2H3,(H,57,58)(H2,48,49,50)(H2,51,52,53)(H2,54,55,56). The van der Waals surface area contributed by atoms with Crippen LogP contribution in [0.1, 0.15) is 194 Å². The third kappa shape index (κ3) is 35.0. The zero-order chi connectivity index (χ0) is 51.8. The number of esters is 2. The lowest BCUT2D eigenvalue weighted by atomic mass is 9.85. The van der Waals surface area contributed by atoms with Crippen LogP contribution in [0.25, 0.3) is 0 Å². The lowest BCUT2D eigenvalue weighted by Crippen LogP contribution is -2.65. The van der Waals surface area contributed by atoms with Crippen molar-refractivity contribution in [2.75, 3.05) is 13.2 Å². The number of rotatable bonds is 43. The SMILES string of the molecule is CCCCCCC=CCCCCCCCCCC(=O)OC(COC(=O)CCCCCCCCCCCCCCC)COP(=O)(O)OC1C(O)C(OP(=O)(O)O)C(OP(=O)(O)O)C(OP(=O)(O)O)C1O. The number of carbonyl (C=O) groups excluding carboxylic acids is 2. The average molecular weight is 1080 g/mol. The van der Waals surface area contributed by atoms with Crippen LogP contribution in [0.2, 0.25) is 0 Å². The van der Waals surface area contributed by atoms with E-state index in [9.17, 15) is 72.3 Å². The van der Waals surface area contributed by atoms with E-state index in [2.05, 4.69) is 39.6 Å². The number of ether oxygens (including phenoxy) is 2. The minimum atomic E-state index is -5.79. The first kappa shape index (κ1) is 66.1. The molecule has 6 unspecified atom stereocenters. The van der Waals surface area contributed by atoms with Crippen molar-refractivity contribution in [3.63, 3.8) is 0 Å². The zero-order valence-electron chi connectivity index (χ0n) is 40.5. The van der Waals surface area contributed by atoms with Crippen LogP contribution >= 0.6 is 31.3 Å². The van der Waals surface area contributed by atoms with E-state index in [4.69, 9.17) is 18.5 Å². The molecule has 6 atom stereocenters. The van der Waals surface area contributed by atoms with E-state index in [0.29, 0.717) is 19.3 Å². The van der Waals surface area contributed by atoms with Crippen LogP contribution in [0.5, 0.6) is 0 Å². The molecule has 1 rings (SSSR count). The number of carbonyl (C=O) groups is 2. The van der Waals surface area contributed by atoms with Gasteiger partial charge in [0, 0.05) is 12.8 Å². The highest BCUT2D eigenvalue weighted by atomic mass is 31.2. The van der Waals surface area contributed by atoms with Gasteiger partial charge in [-0.25, -0.2) is 18.3 Å². The second-order valence-corrected chi connectivity index (χ2v) is 22.6. The molecule has 1 fully saturated rings. The predicted octanol–water partition coefficient (Wildman–Crippen LogP) is 8.63. The van der Waals surface area contributed by atoms with Crippen LogP contribution in [0.3, 0.4) is 0 Å². The summed E-state index contributed by atoms with van der Waals surface area (Å²) in [7, 11) is -23.0. The fourth-order valence-electron chi connectivity index (χ4n) is 7.72. The van der Waals surface area contributed by atoms with Crippen LogP contribution in [-0.2, 0) is 59.9 Å². The molecule has 1 saturated carbocycles. The van der Waals surface area contributed by atoms with Gasteiger partial charge in [-0.15, -0.1) is 0 Å². The van der Waals surface area contributed by atoms with Gasteiger partial charge in [-0.2, -0.15) is 0 Å². The molecule has 0 bridgehead atoms. The third-order valence-corrected chi connectivity index (χ3v) is 13.8. The van der Waals surface area contributed by atoms with Gasteiger partial charge >= 0.3 is 43.2 Å². The summed E-state index contributed by atoms with van der Waals surface area (Å²) in [6.45, 7) is 2.75. The van der Waals surface area contributed by atoms with Crippen molar-refractivity contribution in [1.82, 2.24) is 0 Å². The smallest absolute Gasteiger partial charge is 0.462 e. The number of aliphatic hydroxyl groups is 2. The van der Waals surface area contributed by atoms with Gasteiger partial charge in [0.15, 0.2) is 6.10 Å². The molecule has 9 N–H and O–H groups in total. The molecule has 1 aliphatic carbocycles. The van der Waals surface area contributed by atoms with E-state index in [1.54, 1.807) is 0 Å². The van der Waals surface area contributed by atoms with Gasteiger partial charge in [-0.3, -0.25) is 32.2 Å². The van der Waals surface area contributed by atoms with Gasteiger partial charge < -0.3 is 53.9 Å². The van der Waals surface area contributed by atoms with Gasteiger partial charge in [0.1, 0.15) is 43.2 Å². The monoisotopic (exact) mass is 1080 g/mol. The molecule has 0 saturated heterocycles. The number of allylic oxidation sites excluding steroid dienone is 2. The van der Waals surface area contributed by atoms with Gasteiger partial charge in [0.05, 0.1) is 6.61 Å². The molecule has 22 nitrogen and oxygen atoms in total. The fourth-order valence-corrected chi connectivity index (χ4v) is 10.4. The van der Waals surface area contributed by atoms with Gasteiger partial charge in [-0.1, -0.05) is 154 Å². The Kier molecular flexibility index (Phi) is 35.3. The topological polar surface area (TPSA) is 349 Å². The van der Waals surface area contributed by atoms with E-state index in [0.717, 1.165) is 77.0 Å². The van der Waals surface area contributed by atoms with E-state index < -0.39 is 99.2 Å². The van der Waals surface area contributed by atoms with Crippen LogP contribution in [-0.4, -0.2) is 112 Å². The summed E-state index contributed by atoms with van der Waals surface area (Å²) in [6, 6.07) is 0. The van der Waals surface area contributed by atoms with Gasteiger partial charge in [0.25, 0.3) is 0 Å². The molecule has 0 aromatic rings. The Morgan fingerprint density at radius 1 is 0.449 bits per heavy atom. The Bertz CT molecular complexity index is 1560. The summed E-state index contributed by atoms with van der Waals surface area (Å²) < 4.78 is 82.1. The molecule has 0 aromatic carbocycles. The summed E-state index contributed by atoms with van der Waals surface area (Å²) in [5.41, 5.74) is 0. The Morgan fingerprint density at radius 3 is 1.20 bits per heavy atom. The highest BCUT2D eigenvalue weighted by Gasteiger charge is 2.59. The predicted molar refractivity (Wildman–Crippen MR) is 254 cm³/mol. The Balaban J connectivity index is 2.89. The van der Waals surface area contributed by atoms with Crippen molar-refractivity contribution >= 4 is 43.2 Å². The molecule has 26 heteroatoms. The Morgan fingerprint density at radius 2 is 0.797 bits per heavy atom. The lowest BCUT2D eigenvalue weighted by Gasteiger charge is -2.45. The molecule has 0 heterocycles. The molecule has 0 aromatic heterocycles. The quantitative estimate of drug-likeness (QED) is 0.0119. The summed E-state index contributed by atoms with van der Waals surface area (Å²) in [5.74, 6) is -1.40. The Hall–Kier alpha value is -0.960. The molecule has 0 spiro atoms. The molecule has 0 amide bonds. The van der Waals surface area contributed by atoms with Crippen molar-refractivity contribution in [3.8, 4) is 0 Å². The first-order chi connectivity index (χ1) is 32.5. The first-order valence-electron chi connectivity index (χ1n) is 24.7. The number of aliphatic hydroxyl groups excluding tert-OH is 2. The number of hydrogen-bond donors (Lipinski definition) is 9. The third-order valence-electron chi connectivity index (χ3n) is 11.3. The average Bonchev–Trinajstić information content (AvgIpc) is 3.25. The zero-order valence-corrected chi connectivity index (χ0v) is 44.1. The van der Waals surface area contributed by atoms with E-state index in [-0.39, 0.29) is 12.8 Å². The number of phosphoric ester groups is 4. The van der Waals surface area contributed by atoms with Gasteiger partial charge in [-0.05, 0) is 38.5 Å². The maximum atomic E-state index is 13.3. The molecular formula is C43H84O22P4. The summed E-state index contributed by atoms with van der Waals surface area (Å²) in [4.78, 5) is 92.8. The van der Waals surface area contributed by atoms with Crippen molar-refractivity contribution in [1.29, 1.82) is 0 Å². The molecule has 69 heavy (non-hydrogen) atoms. The molecule has 408 valence electrons. The van der Waals surface area contributed by atoms with Crippen molar-refractivity contribution < 1.29 is 104 Å². The lowest BCUT2D eigenvalue weighted by molar-refractivity contribution is -0.209. The number of hydrogen-bond acceptors (Lipinski definition) is 15. The second kappa shape index (κ2) is 36.9. The summed E-state index contributed by atoms with van der Waals surface area (Å²) in [6.07, 6.45) is 14.2. The highest BCUT2D eigenvalue weighted by Crippen LogP contribution is 2.53. The minimum Gasteiger partial charge on any atom is -0.462 e. The second-order valence-electron chi connectivity index (χ2n) is 17.6. The van der Waals surface area contributed by atoms with Crippen LogP contribution in [0.15, 0.2) is 12.2 Å². The maximum absolute atomic E-state index is 13.3. The van der Waals surface area contributed by atoms with Crippen LogP contribution in [0, 0.1) is 0 Å². The van der Waals surface area contributed by atoms with Crippen molar-refractivity contribution in [3.05, 3.63) is 12.2 Å². The number of unbranched alkanes of at least 4 members (excludes halogenated alkanes) is 23. The minimum absolute atomic E-state index is 0.0383. The van der Waals surface area contributed by atoms with E-state index in [1.165, 1.54) is 70.6 Å². The van der Waals surface area contributed by atoms with Gasteiger partial charge in [0.2, 0.25) is 0 Å². The summed E-state index contributed by atoms with van der Waals surface area (Å²) >= 11 is 0. The van der Waals surface area contributed by atoms with Crippen molar-refractivity contribution in [2.24, 2.45) is 0 Å².